The monoisotopic (exact) mass is 180 g/mol. The number of aldehydes is 1. The fourth-order valence-electron chi connectivity index (χ4n) is 1.02. The summed E-state index contributed by atoms with van der Waals surface area (Å²) in [5.74, 6) is 0.656. The van der Waals surface area contributed by atoms with Crippen molar-refractivity contribution >= 4 is 6.29 Å². The van der Waals surface area contributed by atoms with E-state index in [9.17, 15) is 4.79 Å². The van der Waals surface area contributed by atoms with Crippen LogP contribution in [0.15, 0.2) is 6.07 Å². The van der Waals surface area contributed by atoms with Crippen molar-refractivity contribution in [3.8, 4) is 0 Å². The van der Waals surface area contributed by atoms with Gasteiger partial charge >= 0.3 is 0 Å². The molecule has 4 heteroatoms. The van der Waals surface area contributed by atoms with Crippen molar-refractivity contribution in [2.24, 2.45) is 0 Å². The lowest BCUT2D eigenvalue weighted by Gasteiger charge is -2.01. The minimum atomic E-state index is 0.429. The van der Waals surface area contributed by atoms with Crippen molar-refractivity contribution < 1.29 is 9.53 Å². The number of hydrogen-bond acceptors (Lipinski definition) is 4. The van der Waals surface area contributed by atoms with Crippen LogP contribution >= 0.6 is 0 Å². The molecule has 0 N–H and O–H groups in total. The largest absolute Gasteiger partial charge is 0.384 e. The molecule has 13 heavy (non-hydrogen) atoms. The Morgan fingerprint density at radius 3 is 2.92 bits per heavy atom. The molecule has 1 heterocycles. The number of aromatic nitrogens is 2. The molecule has 0 bridgehead atoms. The summed E-state index contributed by atoms with van der Waals surface area (Å²) in [5, 5.41) is 0. The second kappa shape index (κ2) is 4.67. The molecule has 1 rings (SSSR count). The highest BCUT2D eigenvalue weighted by Crippen LogP contribution is 1.99. The predicted octanol–water partition coefficient (Wildman–Crippen LogP) is 0.786. The number of ether oxygens (including phenoxy) is 1. The van der Waals surface area contributed by atoms with Gasteiger partial charge in [0.1, 0.15) is 11.5 Å². The highest BCUT2D eigenvalue weighted by Gasteiger charge is 2.00. The van der Waals surface area contributed by atoms with Crippen LogP contribution < -0.4 is 0 Å². The van der Waals surface area contributed by atoms with E-state index < -0.39 is 0 Å². The van der Waals surface area contributed by atoms with Crippen molar-refractivity contribution in [2.45, 2.75) is 13.3 Å². The molecule has 0 saturated carbocycles. The van der Waals surface area contributed by atoms with Gasteiger partial charge in [0, 0.05) is 19.2 Å². The van der Waals surface area contributed by atoms with E-state index in [4.69, 9.17) is 4.74 Å². The first kappa shape index (κ1) is 9.80. The van der Waals surface area contributed by atoms with Crippen molar-refractivity contribution in [3.05, 3.63) is 23.3 Å². The number of carbonyl (C=O) groups is 1. The van der Waals surface area contributed by atoms with Gasteiger partial charge in [-0.1, -0.05) is 0 Å². The molecule has 0 unspecified atom stereocenters. The third-order valence-corrected chi connectivity index (χ3v) is 1.57. The number of nitrogens with zero attached hydrogens (tertiary/aromatic N) is 2. The summed E-state index contributed by atoms with van der Waals surface area (Å²) in [5.41, 5.74) is 1.24. The molecule has 0 spiro atoms. The Hall–Kier alpha value is -1.29. The smallest absolute Gasteiger partial charge is 0.168 e. The maximum absolute atomic E-state index is 10.5. The van der Waals surface area contributed by atoms with Gasteiger partial charge in [0.15, 0.2) is 6.29 Å². The summed E-state index contributed by atoms with van der Waals surface area (Å²) in [6.45, 7) is 2.41. The summed E-state index contributed by atoms with van der Waals surface area (Å²) in [6, 6.07) is 1.66. The molecular weight excluding hydrogens is 168 g/mol. The van der Waals surface area contributed by atoms with Crippen LogP contribution in [0, 0.1) is 6.92 Å². The molecule has 0 atom stereocenters. The third kappa shape index (κ3) is 2.91. The van der Waals surface area contributed by atoms with Crippen LogP contribution in [0.3, 0.4) is 0 Å². The summed E-state index contributed by atoms with van der Waals surface area (Å²) < 4.78 is 4.89. The molecule has 0 radical (unpaired) electrons. The molecule has 1 aromatic heterocycles. The molecule has 0 amide bonds. The molecule has 4 nitrogen and oxygen atoms in total. The van der Waals surface area contributed by atoms with Gasteiger partial charge in [0.25, 0.3) is 0 Å². The van der Waals surface area contributed by atoms with E-state index in [1.165, 1.54) is 0 Å². The van der Waals surface area contributed by atoms with Gasteiger partial charge in [-0.25, -0.2) is 9.97 Å². The average molecular weight is 180 g/mol. The zero-order chi connectivity index (χ0) is 9.68. The third-order valence-electron chi connectivity index (χ3n) is 1.57. The molecule has 0 aliphatic rings. The van der Waals surface area contributed by atoms with E-state index in [2.05, 4.69) is 9.97 Å². The van der Waals surface area contributed by atoms with Crippen LogP contribution in [0.25, 0.3) is 0 Å². The van der Waals surface area contributed by atoms with Crippen LogP contribution in [-0.2, 0) is 11.2 Å². The van der Waals surface area contributed by atoms with E-state index in [1.807, 2.05) is 6.92 Å². The number of hydrogen-bond donors (Lipinski definition) is 0. The van der Waals surface area contributed by atoms with E-state index >= 15 is 0 Å². The van der Waals surface area contributed by atoms with Gasteiger partial charge in [-0.15, -0.1) is 0 Å². The van der Waals surface area contributed by atoms with Crippen LogP contribution in [0.1, 0.15) is 22.0 Å². The first-order valence-corrected chi connectivity index (χ1v) is 4.05. The van der Waals surface area contributed by atoms with Gasteiger partial charge in [-0.3, -0.25) is 4.79 Å². The van der Waals surface area contributed by atoms with Crippen LogP contribution in [0.5, 0.6) is 0 Å². The second-order valence-corrected chi connectivity index (χ2v) is 2.71. The van der Waals surface area contributed by atoms with Gasteiger partial charge < -0.3 is 4.74 Å². The normalized spacial score (nSPS) is 10.0. The SMILES string of the molecule is COCCc1nc(C)cc(C=O)n1. The van der Waals surface area contributed by atoms with E-state index in [0.717, 1.165) is 12.0 Å². The molecule has 0 aliphatic carbocycles. The molecule has 70 valence electrons. The Labute approximate surface area is 77.0 Å². The van der Waals surface area contributed by atoms with Gasteiger partial charge in [0.05, 0.1) is 6.61 Å². The molecule has 1 aromatic rings. The Balaban J connectivity index is 2.81. The first-order valence-electron chi connectivity index (χ1n) is 4.05. The number of aryl methyl sites for hydroxylation is 1. The van der Waals surface area contributed by atoms with Gasteiger partial charge in [-0.05, 0) is 13.0 Å². The minimum absolute atomic E-state index is 0.429. The molecule has 0 aromatic carbocycles. The van der Waals surface area contributed by atoms with Crippen LogP contribution in [0.4, 0.5) is 0 Å². The lowest BCUT2D eigenvalue weighted by Crippen LogP contribution is -2.04. The summed E-state index contributed by atoms with van der Waals surface area (Å²) in [6.07, 6.45) is 1.37. The summed E-state index contributed by atoms with van der Waals surface area (Å²) >= 11 is 0. The molecule has 0 aliphatic heterocycles. The lowest BCUT2D eigenvalue weighted by molar-refractivity contribution is 0.111. The average Bonchev–Trinajstić information content (AvgIpc) is 2.14. The van der Waals surface area contributed by atoms with E-state index in [1.54, 1.807) is 13.2 Å². The molecule has 0 fully saturated rings. The van der Waals surface area contributed by atoms with E-state index in [-0.39, 0.29) is 0 Å². The highest BCUT2D eigenvalue weighted by atomic mass is 16.5. The number of carbonyl (C=O) groups excluding carboxylic acids is 1. The van der Waals surface area contributed by atoms with Crippen LogP contribution in [0.2, 0.25) is 0 Å². The Morgan fingerprint density at radius 1 is 1.54 bits per heavy atom. The Bertz CT molecular complexity index is 300. The predicted molar refractivity (Wildman–Crippen MR) is 47.7 cm³/mol. The highest BCUT2D eigenvalue weighted by molar-refractivity contribution is 5.71. The maximum Gasteiger partial charge on any atom is 0.168 e. The van der Waals surface area contributed by atoms with E-state index in [0.29, 0.717) is 24.5 Å². The van der Waals surface area contributed by atoms with Gasteiger partial charge in [0.2, 0.25) is 0 Å². The number of rotatable bonds is 4. The van der Waals surface area contributed by atoms with Gasteiger partial charge in [-0.2, -0.15) is 0 Å². The second-order valence-electron chi connectivity index (χ2n) is 2.71. The summed E-state index contributed by atoms with van der Waals surface area (Å²) in [4.78, 5) is 18.7. The fraction of sp³-hybridized carbons (Fsp3) is 0.444. The van der Waals surface area contributed by atoms with Crippen LogP contribution in [-0.4, -0.2) is 30.0 Å². The standard InChI is InChI=1S/C9H12N2O2/c1-7-5-8(6-12)11-9(10-7)3-4-13-2/h5-6H,3-4H2,1-2H3. The van der Waals surface area contributed by atoms with Crippen molar-refractivity contribution in [3.63, 3.8) is 0 Å². The zero-order valence-corrected chi connectivity index (χ0v) is 7.78. The fourth-order valence-corrected chi connectivity index (χ4v) is 1.02. The molecule has 0 saturated heterocycles. The Kier molecular flexibility index (Phi) is 3.52. The lowest BCUT2D eigenvalue weighted by atomic mass is 10.3. The topological polar surface area (TPSA) is 52.1 Å². The first-order chi connectivity index (χ1) is 6.26. The maximum atomic E-state index is 10.5. The minimum Gasteiger partial charge on any atom is -0.384 e. The summed E-state index contributed by atoms with van der Waals surface area (Å²) in [7, 11) is 1.62. The molecular formula is C9H12N2O2. The number of methoxy groups -OCH3 is 1. The van der Waals surface area contributed by atoms with Crippen molar-refractivity contribution in [1.29, 1.82) is 0 Å². The quantitative estimate of drug-likeness (QED) is 0.643. The van der Waals surface area contributed by atoms with Crippen molar-refractivity contribution in [2.75, 3.05) is 13.7 Å². The Morgan fingerprint density at radius 2 is 2.31 bits per heavy atom. The van der Waals surface area contributed by atoms with Crippen molar-refractivity contribution in [1.82, 2.24) is 9.97 Å². The zero-order valence-electron chi connectivity index (χ0n) is 7.78.